The standard InChI is InChI=1S/C21H31F9Si/c22-19(23,24)13-7-1-4-10-16(13)31(17-11-5-2-8-14(17)20(25,26)27)18-12-6-3-9-15(18)21(28,29)30/h13-18,31H,1-12H2. The fourth-order valence-electron chi connectivity index (χ4n) is 7.03. The Morgan fingerprint density at radius 2 is 0.613 bits per heavy atom. The molecule has 182 valence electrons. The summed E-state index contributed by atoms with van der Waals surface area (Å²) in [5.74, 6) is -5.24. The van der Waals surface area contributed by atoms with Gasteiger partial charge in [0.15, 0.2) is 0 Å². The Balaban J connectivity index is 2.06. The SMILES string of the molecule is FC(F)(F)C1CCCCC1[SiH](C1CCCCC1C(F)(F)F)C1CCCCC1C(F)(F)F. The van der Waals surface area contributed by atoms with Crippen LogP contribution >= 0.6 is 0 Å². The van der Waals surface area contributed by atoms with Crippen molar-refractivity contribution in [3.63, 3.8) is 0 Å². The van der Waals surface area contributed by atoms with Gasteiger partial charge in [0.05, 0.1) is 17.8 Å². The number of hydrogen-bond acceptors (Lipinski definition) is 0. The van der Waals surface area contributed by atoms with Gasteiger partial charge in [0, 0.05) is 8.80 Å². The third-order valence-corrected chi connectivity index (χ3v) is 13.6. The van der Waals surface area contributed by atoms with E-state index in [0.717, 1.165) is 0 Å². The molecule has 0 radical (unpaired) electrons. The topological polar surface area (TPSA) is 0 Å². The van der Waals surface area contributed by atoms with Gasteiger partial charge in [0.2, 0.25) is 0 Å². The number of alkyl halides is 9. The van der Waals surface area contributed by atoms with Crippen LogP contribution in [0.25, 0.3) is 0 Å². The maximum atomic E-state index is 13.9. The van der Waals surface area contributed by atoms with Crippen molar-refractivity contribution in [1.82, 2.24) is 0 Å². The van der Waals surface area contributed by atoms with Crippen molar-refractivity contribution in [1.29, 1.82) is 0 Å². The summed E-state index contributed by atoms with van der Waals surface area (Å²) in [6.07, 6.45) is -11.4. The summed E-state index contributed by atoms with van der Waals surface area (Å²) in [5.41, 5.74) is -3.06. The molecule has 3 rings (SSSR count). The van der Waals surface area contributed by atoms with E-state index in [9.17, 15) is 39.5 Å². The molecule has 0 saturated heterocycles. The second-order valence-electron chi connectivity index (χ2n) is 9.87. The molecule has 3 saturated carbocycles. The molecule has 0 aromatic heterocycles. The third-order valence-electron chi connectivity index (χ3n) is 8.20. The smallest absolute Gasteiger partial charge is 0.171 e. The molecule has 0 aliphatic heterocycles. The highest BCUT2D eigenvalue weighted by Crippen LogP contribution is 2.60. The molecular weight excluding hydrogens is 451 g/mol. The zero-order chi connectivity index (χ0) is 23.0. The quantitative estimate of drug-likeness (QED) is 0.279. The van der Waals surface area contributed by atoms with Crippen LogP contribution in [0.15, 0.2) is 0 Å². The van der Waals surface area contributed by atoms with Crippen molar-refractivity contribution in [2.75, 3.05) is 0 Å². The lowest BCUT2D eigenvalue weighted by atomic mass is 9.86. The van der Waals surface area contributed by atoms with Crippen molar-refractivity contribution in [2.24, 2.45) is 17.8 Å². The van der Waals surface area contributed by atoms with Crippen molar-refractivity contribution in [3.05, 3.63) is 0 Å². The molecule has 3 fully saturated rings. The van der Waals surface area contributed by atoms with Crippen LogP contribution in [0, 0.1) is 17.8 Å². The first-order chi connectivity index (χ1) is 14.3. The molecule has 0 spiro atoms. The average Bonchev–Trinajstić information content (AvgIpc) is 2.67. The Bertz CT molecular complexity index is 502. The van der Waals surface area contributed by atoms with Gasteiger partial charge in [-0.1, -0.05) is 57.8 Å². The Kier molecular flexibility index (Phi) is 7.68. The van der Waals surface area contributed by atoms with Crippen molar-refractivity contribution in [3.8, 4) is 0 Å². The lowest BCUT2D eigenvalue weighted by Crippen LogP contribution is -2.50. The Labute approximate surface area is 178 Å². The summed E-state index contributed by atoms with van der Waals surface area (Å²) in [5, 5.41) is 0. The molecule has 31 heavy (non-hydrogen) atoms. The predicted octanol–water partition coefficient (Wildman–Crippen LogP) is 8.58. The predicted molar refractivity (Wildman–Crippen MR) is 102 cm³/mol. The summed E-state index contributed by atoms with van der Waals surface area (Å²) in [7, 11) is -3.11. The zero-order valence-corrected chi connectivity index (χ0v) is 18.6. The number of hydrogen-bond donors (Lipinski definition) is 0. The first-order valence-corrected chi connectivity index (χ1v) is 13.5. The molecule has 0 nitrogen and oxygen atoms in total. The van der Waals surface area contributed by atoms with Crippen LogP contribution in [0.2, 0.25) is 16.6 Å². The van der Waals surface area contributed by atoms with E-state index in [1.54, 1.807) is 0 Å². The number of halogens is 9. The van der Waals surface area contributed by atoms with E-state index in [1.165, 1.54) is 0 Å². The van der Waals surface area contributed by atoms with E-state index in [4.69, 9.17) is 0 Å². The van der Waals surface area contributed by atoms with Gasteiger partial charge in [-0.05, 0) is 35.9 Å². The fraction of sp³-hybridized carbons (Fsp3) is 1.00. The van der Waals surface area contributed by atoms with E-state index in [2.05, 4.69) is 0 Å². The molecule has 0 heterocycles. The Hall–Kier alpha value is -0.413. The molecule has 6 unspecified atom stereocenters. The normalized spacial score (nSPS) is 37.5. The highest BCUT2D eigenvalue weighted by atomic mass is 28.3. The summed E-state index contributed by atoms with van der Waals surface area (Å²) in [6, 6.07) is 0. The van der Waals surface area contributed by atoms with Crippen LogP contribution < -0.4 is 0 Å². The minimum absolute atomic E-state index is 0.128. The molecule has 10 heteroatoms. The molecule has 0 N–H and O–H groups in total. The molecule has 6 atom stereocenters. The highest BCUT2D eigenvalue weighted by Gasteiger charge is 2.59. The van der Waals surface area contributed by atoms with Crippen molar-refractivity contribution < 1.29 is 39.5 Å². The van der Waals surface area contributed by atoms with E-state index in [0.29, 0.717) is 38.5 Å². The minimum atomic E-state index is -4.57. The maximum absolute atomic E-state index is 13.9. The Morgan fingerprint density at radius 3 is 0.839 bits per heavy atom. The largest absolute Gasteiger partial charge is 0.391 e. The Morgan fingerprint density at radius 1 is 0.387 bits per heavy atom. The second-order valence-corrected chi connectivity index (χ2v) is 13.6. The van der Waals surface area contributed by atoms with E-state index in [-0.39, 0.29) is 38.5 Å². The molecule has 0 aromatic rings. The summed E-state index contributed by atoms with van der Waals surface area (Å²) >= 11 is 0. The van der Waals surface area contributed by atoms with Gasteiger partial charge in [-0.25, -0.2) is 0 Å². The van der Waals surface area contributed by atoms with Gasteiger partial charge in [-0.15, -0.1) is 0 Å². The molecular formula is C21H31F9Si. The minimum Gasteiger partial charge on any atom is -0.171 e. The van der Waals surface area contributed by atoms with Gasteiger partial charge in [0.25, 0.3) is 0 Å². The lowest BCUT2D eigenvalue weighted by Gasteiger charge is -2.50. The lowest BCUT2D eigenvalue weighted by molar-refractivity contribution is -0.188. The maximum Gasteiger partial charge on any atom is 0.391 e. The molecule has 0 amide bonds. The average molecular weight is 483 g/mol. The summed E-state index contributed by atoms with van der Waals surface area (Å²) in [4.78, 5) is 0. The summed E-state index contributed by atoms with van der Waals surface area (Å²) in [6.45, 7) is 0. The van der Waals surface area contributed by atoms with Gasteiger partial charge >= 0.3 is 18.5 Å². The van der Waals surface area contributed by atoms with Gasteiger partial charge in [-0.3, -0.25) is 0 Å². The van der Waals surface area contributed by atoms with Crippen LogP contribution in [-0.4, -0.2) is 27.3 Å². The van der Waals surface area contributed by atoms with Gasteiger partial charge in [-0.2, -0.15) is 39.5 Å². The van der Waals surface area contributed by atoms with Crippen LogP contribution in [0.1, 0.15) is 77.0 Å². The molecule has 3 aliphatic rings. The van der Waals surface area contributed by atoms with Crippen LogP contribution in [0.5, 0.6) is 0 Å². The monoisotopic (exact) mass is 482 g/mol. The number of rotatable bonds is 3. The first kappa shape index (κ1) is 25.2. The summed E-state index contributed by atoms with van der Waals surface area (Å²) < 4.78 is 125. The van der Waals surface area contributed by atoms with E-state index < -0.39 is 61.7 Å². The first-order valence-electron chi connectivity index (χ1n) is 11.5. The molecule has 3 aliphatic carbocycles. The fourth-order valence-corrected chi connectivity index (χ4v) is 13.6. The van der Waals surface area contributed by atoms with Crippen molar-refractivity contribution in [2.45, 2.75) is 112 Å². The van der Waals surface area contributed by atoms with Crippen LogP contribution in [-0.2, 0) is 0 Å². The van der Waals surface area contributed by atoms with Crippen molar-refractivity contribution >= 4 is 8.80 Å². The van der Waals surface area contributed by atoms with Gasteiger partial charge < -0.3 is 0 Å². The van der Waals surface area contributed by atoms with E-state index >= 15 is 0 Å². The van der Waals surface area contributed by atoms with Crippen LogP contribution in [0.4, 0.5) is 39.5 Å². The van der Waals surface area contributed by atoms with Crippen LogP contribution in [0.3, 0.4) is 0 Å². The molecule has 0 aromatic carbocycles. The van der Waals surface area contributed by atoms with Gasteiger partial charge in [0.1, 0.15) is 0 Å². The third kappa shape index (κ3) is 5.75. The molecule has 0 bridgehead atoms. The second kappa shape index (κ2) is 9.45. The zero-order valence-electron chi connectivity index (χ0n) is 17.4. The highest BCUT2D eigenvalue weighted by molar-refractivity contribution is 6.64. The van der Waals surface area contributed by atoms with E-state index in [1.807, 2.05) is 0 Å².